The smallest absolute Gasteiger partial charge is 0.224 e. The van der Waals surface area contributed by atoms with Crippen LogP contribution in [0.2, 0.25) is 0 Å². The molecule has 0 unspecified atom stereocenters. The van der Waals surface area contributed by atoms with Gasteiger partial charge in [-0.2, -0.15) is 0 Å². The van der Waals surface area contributed by atoms with Gasteiger partial charge in [0.2, 0.25) is 15.9 Å². The Kier molecular flexibility index (Phi) is 5.64. The van der Waals surface area contributed by atoms with Crippen molar-refractivity contribution in [1.29, 1.82) is 0 Å². The van der Waals surface area contributed by atoms with Gasteiger partial charge >= 0.3 is 0 Å². The van der Waals surface area contributed by atoms with E-state index in [0.29, 0.717) is 19.6 Å². The van der Waals surface area contributed by atoms with E-state index in [9.17, 15) is 13.2 Å². The van der Waals surface area contributed by atoms with Crippen molar-refractivity contribution in [3.05, 3.63) is 29.8 Å². The summed E-state index contributed by atoms with van der Waals surface area (Å²) in [6, 6.07) is 8.43. The molecule has 0 aromatic heterocycles. The van der Waals surface area contributed by atoms with E-state index in [2.05, 4.69) is 34.5 Å². The minimum atomic E-state index is -3.22. The van der Waals surface area contributed by atoms with Crippen LogP contribution in [0.1, 0.15) is 24.8 Å². The largest absolute Gasteiger partial charge is 0.370 e. The minimum absolute atomic E-state index is 0.0290. The van der Waals surface area contributed by atoms with Crippen LogP contribution >= 0.6 is 0 Å². The van der Waals surface area contributed by atoms with Crippen molar-refractivity contribution in [2.75, 3.05) is 43.9 Å². The molecule has 2 heterocycles. The fraction of sp³-hybridized carbons (Fsp3) is 0.611. The molecule has 0 saturated carbocycles. The van der Waals surface area contributed by atoms with E-state index < -0.39 is 10.0 Å². The monoisotopic (exact) mass is 365 g/mol. The summed E-state index contributed by atoms with van der Waals surface area (Å²) in [5.41, 5.74) is 2.64. The molecule has 0 bridgehead atoms. The van der Waals surface area contributed by atoms with Crippen LogP contribution in [0.5, 0.6) is 0 Å². The number of hydrogen-bond acceptors (Lipinski definition) is 4. The number of anilines is 1. The lowest BCUT2D eigenvalue weighted by molar-refractivity contribution is -0.126. The minimum Gasteiger partial charge on any atom is -0.370 e. The lowest BCUT2D eigenvalue weighted by Crippen LogP contribution is -2.46. The Bertz CT molecular complexity index is 720. The Morgan fingerprint density at radius 1 is 1.24 bits per heavy atom. The molecule has 1 saturated heterocycles. The van der Waals surface area contributed by atoms with E-state index >= 15 is 0 Å². The number of para-hydroxylation sites is 1. The highest BCUT2D eigenvalue weighted by molar-refractivity contribution is 7.88. The van der Waals surface area contributed by atoms with Crippen LogP contribution in [-0.2, 0) is 21.2 Å². The second-order valence-electron chi connectivity index (χ2n) is 6.97. The van der Waals surface area contributed by atoms with E-state index in [1.54, 1.807) is 0 Å². The summed E-state index contributed by atoms with van der Waals surface area (Å²) in [5, 5.41) is 3.00. The van der Waals surface area contributed by atoms with Crippen molar-refractivity contribution in [3.8, 4) is 0 Å². The number of sulfonamides is 1. The molecule has 1 atom stereocenters. The molecule has 0 aliphatic carbocycles. The summed E-state index contributed by atoms with van der Waals surface area (Å²) in [4.78, 5) is 14.7. The molecule has 1 aromatic carbocycles. The number of rotatable bonds is 5. The number of carbonyl (C=O) groups excluding carboxylic acids is 1. The Labute approximate surface area is 150 Å². The van der Waals surface area contributed by atoms with Crippen molar-refractivity contribution in [1.82, 2.24) is 9.62 Å². The first-order chi connectivity index (χ1) is 11.9. The number of hydrogen-bond donors (Lipinski definition) is 1. The number of nitrogens with zero attached hydrogens (tertiary/aromatic N) is 2. The molecular weight excluding hydrogens is 338 g/mol. The van der Waals surface area contributed by atoms with Crippen molar-refractivity contribution < 1.29 is 13.2 Å². The van der Waals surface area contributed by atoms with Crippen LogP contribution < -0.4 is 10.2 Å². The van der Waals surface area contributed by atoms with Gasteiger partial charge in [0.1, 0.15) is 0 Å². The predicted octanol–water partition coefficient (Wildman–Crippen LogP) is 1.23. The Morgan fingerprint density at radius 3 is 2.84 bits per heavy atom. The SMILES string of the molecule is CS(=O)(=O)N1CCC[C@@H](C(=O)NCCN2CCCc3ccccc32)C1. The predicted molar refractivity (Wildman–Crippen MR) is 99.1 cm³/mol. The number of amides is 1. The van der Waals surface area contributed by atoms with Crippen molar-refractivity contribution in [3.63, 3.8) is 0 Å². The van der Waals surface area contributed by atoms with Crippen molar-refractivity contribution >= 4 is 21.6 Å². The van der Waals surface area contributed by atoms with Gasteiger partial charge in [-0.25, -0.2) is 12.7 Å². The lowest BCUT2D eigenvalue weighted by atomic mass is 9.99. The summed E-state index contributed by atoms with van der Waals surface area (Å²) < 4.78 is 24.8. The average molecular weight is 365 g/mol. The molecular formula is C18H27N3O3S. The number of fused-ring (bicyclic) bond motifs is 1. The molecule has 6 nitrogen and oxygen atoms in total. The molecule has 138 valence electrons. The van der Waals surface area contributed by atoms with Gasteiger partial charge in [-0.1, -0.05) is 18.2 Å². The van der Waals surface area contributed by atoms with Crippen LogP contribution in [0.3, 0.4) is 0 Å². The molecule has 2 aliphatic rings. The first kappa shape index (κ1) is 18.2. The number of nitrogens with one attached hydrogen (secondary N) is 1. The molecule has 1 fully saturated rings. The fourth-order valence-electron chi connectivity index (χ4n) is 3.76. The number of carbonyl (C=O) groups is 1. The Hall–Kier alpha value is -1.60. The fourth-order valence-corrected chi connectivity index (χ4v) is 4.67. The van der Waals surface area contributed by atoms with Gasteiger partial charge in [0.15, 0.2) is 0 Å². The molecule has 1 aromatic rings. The molecule has 7 heteroatoms. The summed E-state index contributed by atoms with van der Waals surface area (Å²) in [6.07, 6.45) is 4.95. The maximum atomic E-state index is 12.4. The van der Waals surface area contributed by atoms with Gasteiger partial charge in [-0.05, 0) is 37.3 Å². The van der Waals surface area contributed by atoms with Crippen LogP contribution in [-0.4, -0.2) is 57.6 Å². The molecule has 2 aliphatic heterocycles. The third-order valence-corrected chi connectivity index (χ3v) is 6.38. The molecule has 25 heavy (non-hydrogen) atoms. The zero-order valence-corrected chi connectivity index (χ0v) is 15.6. The Balaban J connectivity index is 1.50. The van der Waals surface area contributed by atoms with Gasteiger partial charge in [-0.3, -0.25) is 4.79 Å². The standard InChI is InChI=1S/C18H27N3O3S/c1-25(23,24)21-12-5-8-16(14-21)18(22)19-10-13-20-11-4-7-15-6-2-3-9-17(15)20/h2-3,6,9,16H,4-5,7-8,10-14H2,1H3,(H,19,22)/t16-/m1/s1. The maximum Gasteiger partial charge on any atom is 0.224 e. The number of piperidine rings is 1. The van der Waals surface area contributed by atoms with E-state index in [0.717, 1.165) is 38.8 Å². The molecule has 1 N–H and O–H groups in total. The highest BCUT2D eigenvalue weighted by Crippen LogP contribution is 2.26. The zero-order chi connectivity index (χ0) is 17.9. The molecule has 0 spiro atoms. The van der Waals surface area contributed by atoms with Crippen molar-refractivity contribution in [2.24, 2.45) is 5.92 Å². The van der Waals surface area contributed by atoms with Crippen LogP contribution in [0, 0.1) is 5.92 Å². The van der Waals surface area contributed by atoms with Gasteiger partial charge in [0, 0.05) is 38.4 Å². The summed E-state index contributed by atoms with van der Waals surface area (Å²) in [6.45, 7) is 3.20. The molecule has 1 amide bonds. The molecule has 3 rings (SSSR count). The van der Waals surface area contributed by atoms with Gasteiger partial charge in [0.05, 0.1) is 12.2 Å². The highest BCUT2D eigenvalue weighted by Gasteiger charge is 2.30. The third-order valence-electron chi connectivity index (χ3n) is 5.11. The second-order valence-corrected chi connectivity index (χ2v) is 8.95. The summed E-state index contributed by atoms with van der Waals surface area (Å²) >= 11 is 0. The number of aryl methyl sites for hydroxylation is 1. The number of benzene rings is 1. The topological polar surface area (TPSA) is 69.7 Å². The first-order valence-electron chi connectivity index (χ1n) is 9.01. The van der Waals surface area contributed by atoms with Gasteiger partial charge < -0.3 is 10.2 Å². The van der Waals surface area contributed by atoms with Crippen LogP contribution in [0.25, 0.3) is 0 Å². The highest BCUT2D eigenvalue weighted by atomic mass is 32.2. The normalized spacial score (nSPS) is 21.6. The van der Waals surface area contributed by atoms with E-state index in [4.69, 9.17) is 0 Å². The van der Waals surface area contributed by atoms with Crippen LogP contribution in [0.15, 0.2) is 24.3 Å². The lowest BCUT2D eigenvalue weighted by Gasteiger charge is -2.32. The van der Waals surface area contributed by atoms with Gasteiger partial charge in [0.25, 0.3) is 0 Å². The van der Waals surface area contributed by atoms with Crippen molar-refractivity contribution in [2.45, 2.75) is 25.7 Å². The molecule has 0 radical (unpaired) electrons. The van der Waals surface area contributed by atoms with Gasteiger partial charge in [-0.15, -0.1) is 0 Å². The first-order valence-corrected chi connectivity index (χ1v) is 10.9. The summed E-state index contributed by atoms with van der Waals surface area (Å²) in [5.74, 6) is -0.268. The van der Waals surface area contributed by atoms with E-state index in [-0.39, 0.29) is 11.8 Å². The maximum absolute atomic E-state index is 12.4. The van der Waals surface area contributed by atoms with Crippen LogP contribution in [0.4, 0.5) is 5.69 Å². The van der Waals surface area contributed by atoms with E-state index in [1.807, 2.05) is 0 Å². The second kappa shape index (κ2) is 7.74. The Morgan fingerprint density at radius 2 is 2.04 bits per heavy atom. The van der Waals surface area contributed by atoms with E-state index in [1.165, 1.54) is 21.8 Å². The summed E-state index contributed by atoms with van der Waals surface area (Å²) in [7, 11) is -3.22. The quantitative estimate of drug-likeness (QED) is 0.852. The average Bonchev–Trinajstić information content (AvgIpc) is 2.61. The third kappa shape index (κ3) is 4.52. The zero-order valence-electron chi connectivity index (χ0n) is 14.8.